The number of rotatable bonds is 2. The minimum atomic E-state index is -1.21. The van der Waals surface area contributed by atoms with Crippen molar-refractivity contribution in [3.8, 4) is 0 Å². The number of nitrogens with one attached hydrogen (secondary N) is 1. The summed E-state index contributed by atoms with van der Waals surface area (Å²) in [5.41, 5.74) is -0.0152. The second-order valence-corrected chi connectivity index (χ2v) is 5.31. The van der Waals surface area contributed by atoms with Crippen molar-refractivity contribution in [1.82, 2.24) is 5.32 Å². The lowest BCUT2D eigenvalue weighted by Crippen LogP contribution is -2.68. The van der Waals surface area contributed by atoms with Gasteiger partial charge in [-0.05, 0) is 32.1 Å². The molecule has 4 fully saturated rings. The number of amides is 1. The monoisotopic (exact) mass is 229 g/mol. The molecular weight excluding hydrogens is 213 g/mol. The van der Waals surface area contributed by atoms with Gasteiger partial charge >= 0.3 is 6.09 Å². The van der Waals surface area contributed by atoms with Crippen LogP contribution >= 0.6 is 0 Å². The summed E-state index contributed by atoms with van der Waals surface area (Å²) >= 11 is 0. The minimum absolute atomic E-state index is 0.0152. The van der Waals surface area contributed by atoms with Gasteiger partial charge in [0.25, 0.3) is 0 Å². The molecule has 0 spiro atoms. The first-order chi connectivity index (χ1) is 7.58. The Hall–Kier alpha value is -0.840. The Bertz CT molecular complexity index is 305. The van der Waals surface area contributed by atoms with Crippen LogP contribution in [0.4, 0.5) is 9.18 Å². The molecule has 0 radical (unpaired) electrons. The molecule has 3 atom stereocenters. The zero-order valence-corrected chi connectivity index (χ0v) is 9.24. The van der Waals surface area contributed by atoms with Gasteiger partial charge in [0.1, 0.15) is 0 Å². The maximum atomic E-state index is 13.5. The van der Waals surface area contributed by atoms with E-state index in [1.54, 1.807) is 6.92 Å². The number of carbonyl (C=O) groups excluding carboxylic acids is 1. The van der Waals surface area contributed by atoms with Crippen molar-refractivity contribution in [2.75, 3.05) is 6.61 Å². The summed E-state index contributed by atoms with van der Waals surface area (Å²) in [6.45, 7) is 1.80. The number of halogens is 1. The molecular formula is C11H16FNO3. The molecule has 3 saturated carbocycles. The Morgan fingerprint density at radius 2 is 2.19 bits per heavy atom. The Labute approximate surface area is 93.5 Å². The third kappa shape index (κ3) is 1.49. The van der Waals surface area contributed by atoms with Gasteiger partial charge in [0.05, 0.1) is 12.7 Å². The first-order valence-electron chi connectivity index (χ1n) is 5.82. The molecule has 1 aliphatic heterocycles. The van der Waals surface area contributed by atoms with Crippen LogP contribution in [0.2, 0.25) is 0 Å². The van der Waals surface area contributed by atoms with Gasteiger partial charge in [0.2, 0.25) is 0 Å². The number of carbonyl (C=O) groups is 1. The van der Waals surface area contributed by atoms with Gasteiger partial charge < -0.3 is 14.8 Å². The zero-order chi connectivity index (χ0) is 11.3. The molecule has 1 saturated heterocycles. The second-order valence-electron chi connectivity index (χ2n) is 5.31. The molecule has 1 N–H and O–H groups in total. The van der Waals surface area contributed by atoms with Crippen molar-refractivity contribution in [3.05, 3.63) is 0 Å². The first-order valence-corrected chi connectivity index (χ1v) is 5.82. The smallest absolute Gasteiger partial charge is 0.408 e. The van der Waals surface area contributed by atoms with E-state index in [9.17, 15) is 9.18 Å². The van der Waals surface area contributed by atoms with Crippen LogP contribution in [-0.4, -0.2) is 36.6 Å². The summed E-state index contributed by atoms with van der Waals surface area (Å²) in [7, 11) is 0. The molecule has 1 heterocycles. The molecule has 16 heavy (non-hydrogen) atoms. The SMILES string of the molecule is C[C@H]1OC[C@@H](OC(=O)NC23CC(C2)C3)[C@H]1F. The maximum Gasteiger partial charge on any atom is 0.408 e. The van der Waals surface area contributed by atoms with Gasteiger partial charge in [-0.1, -0.05) is 0 Å². The van der Waals surface area contributed by atoms with E-state index in [0.717, 1.165) is 25.2 Å². The van der Waals surface area contributed by atoms with Crippen molar-refractivity contribution in [3.63, 3.8) is 0 Å². The highest BCUT2D eigenvalue weighted by atomic mass is 19.1. The molecule has 4 rings (SSSR count). The largest absolute Gasteiger partial charge is 0.441 e. The van der Waals surface area contributed by atoms with Crippen LogP contribution in [0.5, 0.6) is 0 Å². The number of ether oxygens (including phenoxy) is 2. The summed E-state index contributed by atoms with van der Waals surface area (Å²) in [6, 6.07) is 0. The average molecular weight is 229 g/mol. The third-order valence-electron chi connectivity index (χ3n) is 3.99. The van der Waals surface area contributed by atoms with Crippen LogP contribution in [0.25, 0.3) is 0 Å². The number of alkyl halides is 1. The van der Waals surface area contributed by atoms with Crippen LogP contribution in [0, 0.1) is 5.92 Å². The number of hydrogen-bond donors (Lipinski definition) is 1. The second kappa shape index (κ2) is 3.32. The molecule has 2 bridgehead atoms. The third-order valence-corrected chi connectivity index (χ3v) is 3.99. The van der Waals surface area contributed by atoms with E-state index < -0.39 is 24.5 Å². The van der Waals surface area contributed by atoms with Crippen LogP contribution in [0.3, 0.4) is 0 Å². The maximum absolute atomic E-state index is 13.5. The molecule has 0 aromatic carbocycles. The quantitative estimate of drug-likeness (QED) is 0.778. The van der Waals surface area contributed by atoms with Gasteiger partial charge in [-0.3, -0.25) is 0 Å². The summed E-state index contributed by atoms with van der Waals surface area (Å²) in [6.07, 6.45) is 0.230. The fourth-order valence-corrected chi connectivity index (χ4v) is 2.85. The minimum Gasteiger partial charge on any atom is -0.441 e. The lowest BCUT2D eigenvalue weighted by molar-refractivity contribution is -0.0528. The fraction of sp³-hybridized carbons (Fsp3) is 0.909. The standard InChI is InChI=1S/C11H16FNO3/c1-6-9(12)8(5-15-6)16-10(14)13-11-2-7(3-11)4-11/h6-9H,2-5H2,1H3,(H,13,14)/t6-,7?,8-,9+,11?/m1/s1. The van der Waals surface area contributed by atoms with Gasteiger partial charge in [-0.25, -0.2) is 9.18 Å². The lowest BCUT2D eigenvalue weighted by atomic mass is 9.50. The van der Waals surface area contributed by atoms with Gasteiger partial charge in [0, 0.05) is 5.54 Å². The van der Waals surface area contributed by atoms with E-state index in [1.165, 1.54) is 0 Å². The Kier molecular flexibility index (Phi) is 2.14. The van der Waals surface area contributed by atoms with Crippen LogP contribution in [-0.2, 0) is 9.47 Å². The van der Waals surface area contributed by atoms with Gasteiger partial charge in [0.15, 0.2) is 12.3 Å². The predicted octanol–water partition coefficient (Wildman–Crippen LogP) is 1.39. The number of alkyl carbamates (subject to hydrolysis) is 1. The van der Waals surface area contributed by atoms with E-state index >= 15 is 0 Å². The van der Waals surface area contributed by atoms with Crippen LogP contribution < -0.4 is 5.32 Å². The lowest BCUT2D eigenvalue weighted by Gasteiger charge is -2.61. The molecule has 1 amide bonds. The van der Waals surface area contributed by atoms with Crippen molar-refractivity contribution < 1.29 is 18.7 Å². The Balaban J connectivity index is 1.49. The van der Waals surface area contributed by atoms with E-state index in [1.807, 2.05) is 0 Å². The summed E-state index contributed by atoms with van der Waals surface area (Å²) < 4.78 is 23.6. The van der Waals surface area contributed by atoms with E-state index in [-0.39, 0.29) is 12.1 Å². The molecule has 90 valence electrons. The molecule has 4 aliphatic rings. The molecule has 4 nitrogen and oxygen atoms in total. The Morgan fingerprint density at radius 1 is 1.50 bits per heavy atom. The summed E-state index contributed by atoms with van der Waals surface area (Å²) in [5.74, 6) is 0.795. The van der Waals surface area contributed by atoms with Crippen molar-refractivity contribution >= 4 is 6.09 Å². The topological polar surface area (TPSA) is 47.6 Å². The Morgan fingerprint density at radius 3 is 2.62 bits per heavy atom. The van der Waals surface area contributed by atoms with Crippen molar-refractivity contribution in [2.45, 2.75) is 50.1 Å². The molecule has 0 aromatic rings. The van der Waals surface area contributed by atoms with Crippen LogP contribution in [0.1, 0.15) is 26.2 Å². The molecule has 5 heteroatoms. The van der Waals surface area contributed by atoms with E-state index in [2.05, 4.69) is 5.32 Å². The first kappa shape index (κ1) is 10.3. The highest BCUT2D eigenvalue weighted by Crippen LogP contribution is 2.56. The van der Waals surface area contributed by atoms with Crippen molar-refractivity contribution in [1.29, 1.82) is 0 Å². The molecule has 3 aliphatic carbocycles. The molecule has 0 unspecified atom stereocenters. The normalized spacial score (nSPS) is 49.1. The van der Waals surface area contributed by atoms with Crippen molar-refractivity contribution in [2.24, 2.45) is 5.92 Å². The van der Waals surface area contributed by atoms with Crippen LogP contribution in [0.15, 0.2) is 0 Å². The van der Waals surface area contributed by atoms with Gasteiger partial charge in [-0.15, -0.1) is 0 Å². The summed E-state index contributed by atoms with van der Waals surface area (Å²) in [5, 5.41) is 2.84. The fourth-order valence-electron chi connectivity index (χ4n) is 2.85. The number of hydrogen-bond acceptors (Lipinski definition) is 3. The molecule has 0 aromatic heterocycles. The van der Waals surface area contributed by atoms with E-state index in [0.29, 0.717) is 0 Å². The van der Waals surface area contributed by atoms with E-state index in [4.69, 9.17) is 9.47 Å². The zero-order valence-electron chi connectivity index (χ0n) is 9.24. The predicted molar refractivity (Wildman–Crippen MR) is 53.8 cm³/mol. The average Bonchev–Trinajstić information content (AvgIpc) is 2.41. The summed E-state index contributed by atoms with van der Waals surface area (Å²) in [4.78, 5) is 11.5. The van der Waals surface area contributed by atoms with Gasteiger partial charge in [-0.2, -0.15) is 0 Å². The highest BCUT2D eigenvalue weighted by molar-refractivity contribution is 5.69. The highest BCUT2D eigenvalue weighted by Gasteiger charge is 2.57.